The Bertz CT molecular complexity index is 1140. The molecule has 0 radical (unpaired) electrons. The number of ether oxygens (including phenoxy) is 1. The summed E-state index contributed by atoms with van der Waals surface area (Å²) in [5.41, 5.74) is 2.30. The van der Waals surface area contributed by atoms with E-state index in [2.05, 4.69) is 4.98 Å². The Morgan fingerprint density at radius 2 is 1.81 bits per heavy atom. The molecule has 160 valence electrons. The number of carbonyl (C=O) groups is 2. The van der Waals surface area contributed by atoms with Gasteiger partial charge < -0.3 is 19.7 Å². The van der Waals surface area contributed by atoms with Crippen molar-refractivity contribution in [2.75, 3.05) is 13.2 Å². The standard InChI is InChI=1S/C25H26N2O4/c1-3-13-27-22(19-15-26-20-8-6-5-7-18(19)20)21(24(29)25(27)30)23(28)16-9-11-17(12-10-16)31-14-4-2/h5-12,15,22,26,28H,3-4,13-14H2,1-2H3/b23-21+. The monoisotopic (exact) mass is 418 g/mol. The SMILES string of the molecule is CCCOc1ccc(/C(O)=C2\C(=O)C(=O)N(CCC)C2c2c[nH]c3ccccc23)cc1. The molecule has 0 saturated carbocycles. The molecule has 1 aliphatic rings. The third-order valence-electron chi connectivity index (χ3n) is 5.52. The van der Waals surface area contributed by atoms with Gasteiger partial charge in [-0.25, -0.2) is 0 Å². The number of rotatable bonds is 7. The fourth-order valence-electron chi connectivity index (χ4n) is 4.08. The second-order valence-corrected chi connectivity index (χ2v) is 7.65. The van der Waals surface area contributed by atoms with Gasteiger partial charge in [0, 0.05) is 34.8 Å². The van der Waals surface area contributed by atoms with Crippen LogP contribution in [0.2, 0.25) is 0 Å². The molecule has 31 heavy (non-hydrogen) atoms. The zero-order valence-electron chi connectivity index (χ0n) is 17.7. The Morgan fingerprint density at radius 3 is 2.52 bits per heavy atom. The predicted octanol–water partition coefficient (Wildman–Crippen LogP) is 4.79. The molecule has 0 spiro atoms. The van der Waals surface area contributed by atoms with E-state index in [4.69, 9.17) is 4.74 Å². The number of ketones is 1. The van der Waals surface area contributed by atoms with Crippen LogP contribution in [0.5, 0.6) is 5.75 Å². The smallest absolute Gasteiger partial charge is 0.295 e. The highest BCUT2D eigenvalue weighted by molar-refractivity contribution is 6.46. The summed E-state index contributed by atoms with van der Waals surface area (Å²) < 4.78 is 5.60. The minimum atomic E-state index is -0.660. The van der Waals surface area contributed by atoms with Crippen molar-refractivity contribution in [2.24, 2.45) is 0 Å². The number of aliphatic hydroxyl groups excluding tert-OH is 1. The molecule has 1 unspecified atom stereocenters. The van der Waals surface area contributed by atoms with Crippen LogP contribution in [-0.4, -0.2) is 39.8 Å². The maximum atomic E-state index is 13.0. The zero-order chi connectivity index (χ0) is 22.0. The highest BCUT2D eigenvalue weighted by Gasteiger charge is 2.46. The second-order valence-electron chi connectivity index (χ2n) is 7.65. The van der Waals surface area contributed by atoms with Crippen molar-refractivity contribution in [3.05, 3.63) is 71.4 Å². The lowest BCUT2D eigenvalue weighted by molar-refractivity contribution is -0.139. The number of aromatic amines is 1. The average Bonchev–Trinajstić information content (AvgIpc) is 3.32. The molecule has 0 aliphatic carbocycles. The first kappa shape index (κ1) is 20.7. The lowest BCUT2D eigenvalue weighted by Crippen LogP contribution is -2.30. The summed E-state index contributed by atoms with van der Waals surface area (Å²) in [5.74, 6) is -0.721. The molecule has 1 aromatic heterocycles. The van der Waals surface area contributed by atoms with Gasteiger partial charge in [0.05, 0.1) is 18.2 Å². The number of hydrogen-bond donors (Lipinski definition) is 2. The fraction of sp³-hybridized carbons (Fsp3) is 0.280. The summed E-state index contributed by atoms with van der Waals surface area (Å²) in [4.78, 5) is 30.6. The third kappa shape index (κ3) is 3.69. The lowest BCUT2D eigenvalue weighted by atomic mass is 9.95. The third-order valence-corrected chi connectivity index (χ3v) is 5.52. The molecular weight excluding hydrogens is 392 g/mol. The number of Topliss-reactive ketones (excluding diaryl/α,β-unsaturated/α-hetero) is 1. The van der Waals surface area contributed by atoms with E-state index in [1.54, 1.807) is 29.2 Å². The van der Waals surface area contributed by atoms with E-state index >= 15 is 0 Å². The van der Waals surface area contributed by atoms with Crippen molar-refractivity contribution < 1.29 is 19.4 Å². The van der Waals surface area contributed by atoms with Gasteiger partial charge in [-0.15, -0.1) is 0 Å². The summed E-state index contributed by atoms with van der Waals surface area (Å²) in [7, 11) is 0. The number of hydrogen-bond acceptors (Lipinski definition) is 4. The van der Waals surface area contributed by atoms with E-state index in [0.717, 1.165) is 22.9 Å². The van der Waals surface area contributed by atoms with E-state index in [9.17, 15) is 14.7 Å². The van der Waals surface area contributed by atoms with Crippen LogP contribution >= 0.6 is 0 Å². The zero-order valence-corrected chi connectivity index (χ0v) is 17.7. The van der Waals surface area contributed by atoms with Gasteiger partial charge in [-0.3, -0.25) is 9.59 Å². The van der Waals surface area contributed by atoms with Crippen LogP contribution in [0, 0.1) is 0 Å². The number of fused-ring (bicyclic) bond motifs is 1. The Kier molecular flexibility index (Phi) is 5.80. The van der Waals surface area contributed by atoms with Gasteiger partial charge in [0.15, 0.2) is 0 Å². The minimum absolute atomic E-state index is 0.116. The van der Waals surface area contributed by atoms with Crippen molar-refractivity contribution in [2.45, 2.75) is 32.7 Å². The number of likely N-dealkylation sites (tertiary alicyclic amines) is 1. The Hall–Kier alpha value is -3.54. The highest BCUT2D eigenvalue weighted by Crippen LogP contribution is 2.42. The molecule has 2 N–H and O–H groups in total. The number of nitrogens with one attached hydrogen (secondary N) is 1. The summed E-state index contributed by atoms with van der Waals surface area (Å²) in [6.07, 6.45) is 3.42. The number of nitrogens with zero attached hydrogens (tertiary/aromatic N) is 1. The number of H-pyrrole nitrogens is 1. The largest absolute Gasteiger partial charge is 0.507 e. The molecular formula is C25H26N2O4. The molecule has 1 aliphatic heterocycles. The Morgan fingerprint density at radius 1 is 1.06 bits per heavy atom. The quantitative estimate of drug-likeness (QED) is 0.328. The molecule has 2 heterocycles. The van der Waals surface area contributed by atoms with Crippen molar-refractivity contribution in [1.82, 2.24) is 9.88 Å². The van der Waals surface area contributed by atoms with Gasteiger partial charge in [0.25, 0.3) is 11.7 Å². The minimum Gasteiger partial charge on any atom is -0.507 e. The van der Waals surface area contributed by atoms with E-state index in [1.165, 1.54) is 0 Å². The number of para-hydroxylation sites is 1. The summed E-state index contributed by atoms with van der Waals surface area (Å²) in [6.45, 7) is 5.02. The Balaban J connectivity index is 1.83. The van der Waals surface area contributed by atoms with Crippen LogP contribution in [0.15, 0.2) is 60.3 Å². The first-order valence-corrected chi connectivity index (χ1v) is 10.6. The first-order chi connectivity index (χ1) is 15.1. The average molecular weight is 418 g/mol. The normalized spacial score (nSPS) is 18.1. The van der Waals surface area contributed by atoms with Crippen LogP contribution in [-0.2, 0) is 9.59 Å². The van der Waals surface area contributed by atoms with Gasteiger partial charge in [-0.2, -0.15) is 0 Å². The topological polar surface area (TPSA) is 82.6 Å². The first-order valence-electron chi connectivity index (χ1n) is 10.6. The van der Waals surface area contributed by atoms with E-state index < -0.39 is 17.7 Å². The Labute approximate surface area is 181 Å². The molecule has 0 bridgehead atoms. The molecule has 1 fully saturated rings. The number of amides is 1. The summed E-state index contributed by atoms with van der Waals surface area (Å²) in [5, 5.41) is 12.1. The van der Waals surface area contributed by atoms with E-state index in [0.29, 0.717) is 30.9 Å². The van der Waals surface area contributed by atoms with Crippen LogP contribution in [0.1, 0.15) is 43.9 Å². The lowest BCUT2D eigenvalue weighted by Gasteiger charge is -2.24. The number of aliphatic hydroxyl groups is 1. The van der Waals surface area contributed by atoms with Gasteiger partial charge in [0.2, 0.25) is 0 Å². The van der Waals surface area contributed by atoms with Crippen molar-refractivity contribution in [3.63, 3.8) is 0 Å². The maximum Gasteiger partial charge on any atom is 0.295 e. The molecule has 2 aromatic carbocycles. The summed E-state index contributed by atoms with van der Waals surface area (Å²) in [6, 6.07) is 14.0. The predicted molar refractivity (Wildman–Crippen MR) is 120 cm³/mol. The molecule has 1 atom stereocenters. The maximum absolute atomic E-state index is 13.0. The van der Waals surface area contributed by atoms with Crippen molar-refractivity contribution >= 4 is 28.4 Å². The van der Waals surface area contributed by atoms with E-state index in [-0.39, 0.29) is 11.3 Å². The number of carbonyl (C=O) groups excluding carboxylic acids is 2. The van der Waals surface area contributed by atoms with Gasteiger partial charge >= 0.3 is 0 Å². The molecule has 4 rings (SSSR count). The van der Waals surface area contributed by atoms with Crippen molar-refractivity contribution in [3.8, 4) is 5.75 Å². The van der Waals surface area contributed by atoms with Crippen LogP contribution in [0.3, 0.4) is 0 Å². The van der Waals surface area contributed by atoms with Gasteiger partial charge in [-0.1, -0.05) is 32.0 Å². The van der Waals surface area contributed by atoms with Crippen LogP contribution in [0.25, 0.3) is 16.7 Å². The van der Waals surface area contributed by atoms with Gasteiger partial charge in [0.1, 0.15) is 11.5 Å². The summed E-state index contributed by atoms with van der Waals surface area (Å²) >= 11 is 0. The van der Waals surface area contributed by atoms with Crippen LogP contribution in [0.4, 0.5) is 0 Å². The molecule has 1 saturated heterocycles. The van der Waals surface area contributed by atoms with E-state index in [1.807, 2.05) is 44.3 Å². The second kappa shape index (κ2) is 8.68. The fourth-order valence-corrected chi connectivity index (χ4v) is 4.08. The van der Waals surface area contributed by atoms with Crippen LogP contribution < -0.4 is 4.74 Å². The van der Waals surface area contributed by atoms with Crippen molar-refractivity contribution in [1.29, 1.82) is 0 Å². The van der Waals surface area contributed by atoms with Gasteiger partial charge in [-0.05, 0) is 43.2 Å². The molecule has 3 aromatic rings. The highest BCUT2D eigenvalue weighted by atomic mass is 16.5. The number of aromatic nitrogens is 1. The molecule has 6 nitrogen and oxygen atoms in total. The molecule has 1 amide bonds. The number of benzene rings is 2. The molecule has 6 heteroatoms.